The van der Waals surface area contributed by atoms with Gasteiger partial charge in [0.1, 0.15) is 5.82 Å². The van der Waals surface area contributed by atoms with Crippen molar-refractivity contribution in [3.8, 4) is 11.4 Å². The van der Waals surface area contributed by atoms with Gasteiger partial charge in [-0.25, -0.2) is 4.98 Å². The van der Waals surface area contributed by atoms with Crippen molar-refractivity contribution in [2.45, 2.75) is 0 Å². The van der Waals surface area contributed by atoms with Crippen LogP contribution in [-0.4, -0.2) is 9.97 Å². The largest absolute Gasteiger partial charge is 0.340 e. The van der Waals surface area contributed by atoms with E-state index in [2.05, 4.69) is 51.6 Å². The summed E-state index contributed by atoms with van der Waals surface area (Å²) in [6.45, 7) is 0. The first kappa shape index (κ1) is 16.3. The molecule has 1 N–H and O–H groups in total. The van der Waals surface area contributed by atoms with Gasteiger partial charge in [-0.3, -0.25) is 9.88 Å². The Kier molecular flexibility index (Phi) is 4.07. The first-order chi connectivity index (χ1) is 13.9. The number of nitrogens with zero attached hydrogens (tertiary/aromatic N) is 3. The van der Waals surface area contributed by atoms with E-state index in [-0.39, 0.29) is 0 Å². The summed E-state index contributed by atoms with van der Waals surface area (Å²) in [5.74, 6) is 0.970. The molecule has 4 nitrogen and oxygen atoms in total. The van der Waals surface area contributed by atoms with Gasteiger partial charge in [0.25, 0.3) is 0 Å². The number of fused-ring (bicyclic) bond motifs is 1. The molecule has 0 fully saturated rings. The Morgan fingerprint density at radius 2 is 1.50 bits per heavy atom. The predicted octanol–water partition coefficient (Wildman–Crippen LogP) is 5.71. The second kappa shape index (κ2) is 7.00. The van der Waals surface area contributed by atoms with Crippen molar-refractivity contribution in [2.75, 3.05) is 10.2 Å². The topological polar surface area (TPSA) is 41.0 Å². The predicted molar refractivity (Wildman–Crippen MR) is 114 cm³/mol. The SMILES string of the molecule is C(=C1Nc2ccccc2N1c1ccccc1)c1cccc(-c2ccccn2)n1. The molecule has 0 saturated carbocycles. The quantitative estimate of drug-likeness (QED) is 0.507. The number of aromatic nitrogens is 2. The summed E-state index contributed by atoms with van der Waals surface area (Å²) in [6, 6.07) is 30.5. The highest BCUT2D eigenvalue weighted by Gasteiger charge is 2.24. The fraction of sp³-hybridized carbons (Fsp3) is 0. The van der Waals surface area contributed by atoms with Crippen molar-refractivity contribution in [3.05, 3.63) is 109 Å². The van der Waals surface area contributed by atoms with Gasteiger partial charge in [0.05, 0.1) is 28.5 Å². The molecule has 2 aromatic heterocycles. The second-order valence-corrected chi connectivity index (χ2v) is 6.51. The Hall–Kier alpha value is -3.92. The Morgan fingerprint density at radius 1 is 0.714 bits per heavy atom. The zero-order valence-corrected chi connectivity index (χ0v) is 15.2. The number of para-hydroxylation sites is 3. The minimum atomic E-state index is 0.858. The fourth-order valence-electron chi connectivity index (χ4n) is 3.38. The van der Waals surface area contributed by atoms with Crippen molar-refractivity contribution < 1.29 is 0 Å². The smallest absolute Gasteiger partial charge is 0.117 e. The number of rotatable bonds is 3. The van der Waals surface area contributed by atoms with Crippen LogP contribution in [-0.2, 0) is 0 Å². The van der Waals surface area contributed by atoms with E-state index < -0.39 is 0 Å². The number of pyridine rings is 2. The Balaban J connectivity index is 1.58. The molecule has 28 heavy (non-hydrogen) atoms. The van der Waals surface area contributed by atoms with Crippen LogP contribution in [0.5, 0.6) is 0 Å². The molecule has 0 bridgehead atoms. The standard InChI is InChI=1S/C24H18N4/c1-2-10-19(11-3-1)28-23-15-5-4-13-22(23)27-24(28)17-18-9-8-14-21(26-18)20-12-6-7-16-25-20/h1-17,27H. The summed E-state index contributed by atoms with van der Waals surface area (Å²) in [6.07, 6.45) is 3.86. The van der Waals surface area contributed by atoms with Crippen molar-refractivity contribution in [1.29, 1.82) is 0 Å². The molecule has 0 atom stereocenters. The molecule has 2 aromatic carbocycles. The molecule has 4 aromatic rings. The third-order valence-corrected chi connectivity index (χ3v) is 4.65. The van der Waals surface area contributed by atoms with Crippen molar-refractivity contribution in [3.63, 3.8) is 0 Å². The number of benzene rings is 2. The molecule has 0 saturated heterocycles. The molecule has 4 heteroatoms. The van der Waals surface area contributed by atoms with E-state index in [1.165, 1.54) is 0 Å². The molecular weight excluding hydrogens is 344 g/mol. The summed E-state index contributed by atoms with van der Waals surface area (Å²) in [7, 11) is 0. The molecule has 1 aliphatic rings. The highest BCUT2D eigenvalue weighted by atomic mass is 15.3. The summed E-state index contributed by atoms with van der Waals surface area (Å²) >= 11 is 0. The molecule has 0 radical (unpaired) electrons. The maximum atomic E-state index is 4.79. The van der Waals surface area contributed by atoms with Gasteiger partial charge < -0.3 is 5.32 Å². The fourth-order valence-corrected chi connectivity index (χ4v) is 3.38. The Bertz CT molecular complexity index is 1140. The van der Waals surface area contributed by atoms with E-state index in [0.29, 0.717) is 0 Å². The number of nitrogens with one attached hydrogen (secondary N) is 1. The minimum Gasteiger partial charge on any atom is -0.340 e. The van der Waals surface area contributed by atoms with Gasteiger partial charge in [0, 0.05) is 18.0 Å². The van der Waals surface area contributed by atoms with Gasteiger partial charge in [0.2, 0.25) is 0 Å². The van der Waals surface area contributed by atoms with E-state index in [1.807, 2.05) is 60.7 Å². The van der Waals surface area contributed by atoms with Gasteiger partial charge in [0.15, 0.2) is 0 Å². The van der Waals surface area contributed by atoms with E-state index in [1.54, 1.807) is 6.20 Å². The number of hydrogen-bond acceptors (Lipinski definition) is 4. The second-order valence-electron chi connectivity index (χ2n) is 6.51. The van der Waals surface area contributed by atoms with E-state index >= 15 is 0 Å². The normalized spacial score (nSPS) is 14.0. The lowest BCUT2D eigenvalue weighted by molar-refractivity contribution is 1.21. The van der Waals surface area contributed by atoms with Crippen LogP contribution in [0.3, 0.4) is 0 Å². The van der Waals surface area contributed by atoms with Crippen LogP contribution in [0, 0.1) is 0 Å². The van der Waals surface area contributed by atoms with Crippen LogP contribution >= 0.6 is 0 Å². The van der Waals surface area contributed by atoms with Crippen LogP contribution in [0.1, 0.15) is 5.69 Å². The Labute approximate surface area is 163 Å². The summed E-state index contributed by atoms with van der Waals surface area (Å²) in [5.41, 5.74) is 5.91. The summed E-state index contributed by atoms with van der Waals surface area (Å²) in [5, 5.41) is 3.52. The minimum absolute atomic E-state index is 0.858. The van der Waals surface area contributed by atoms with Crippen molar-refractivity contribution in [2.24, 2.45) is 0 Å². The number of hydrogen-bond donors (Lipinski definition) is 1. The van der Waals surface area contributed by atoms with Crippen LogP contribution in [0.25, 0.3) is 17.5 Å². The highest BCUT2D eigenvalue weighted by Crippen LogP contribution is 2.41. The van der Waals surface area contributed by atoms with Crippen LogP contribution in [0.4, 0.5) is 17.1 Å². The van der Waals surface area contributed by atoms with Crippen LogP contribution in [0.2, 0.25) is 0 Å². The average molecular weight is 362 g/mol. The number of anilines is 3. The van der Waals surface area contributed by atoms with Crippen LogP contribution in [0.15, 0.2) is 103 Å². The monoisotopic (exact) mass is 362 g/mol. The van der Waals surface area contributed by atoms with Crippen molar-refractivity contribution >= 4 is 23.1 Å². The highest BCUT2D eigenvalue weighted by molar-refractivity contribution is 5.89. The van der Waals surface area contributed by atoms with E-state index in [0.717, 1.165) is 40.0 Å². The Morgan fingerprint density at radius 3 is 2.36 bits per heavy atom. The average Bonchev–Trinajstić information content (AvgIpc) is 3.13. The molecule has 0 amide bonds. The third kappa shape index (κ3) is 3.01. The summed E-state index contributed by atoms with van der Waals surface area (Å²) in [4.78, 5) is 11.4. The van der Waals surface area contributed by atoms with Gasteiger partial charge in [-0.15, -0.1) is 0 Å². The van der Waals surface area contributed by atoms with Crippen LogP contribution < -0.4 is 10.2 Å². The third-order valence-electron chi connectivity index (χ3n) is 4.65. The van der Waals surface area contributed by atoms with E-state index in [9.17, 15) is 0 Å². The molecule has 5 rings (SSSR count). The molecule has 0 unspecified atom stereocenters. The molecular formula is C24H18N4. The lowest BCUT2D eigenvalue weighted by Gasteiger charge is -2.20. The van der Waals surface area contributed by atoms with E-state index in [4.69, 9.17) is 4.98 Å². The molecule has 0 aliphatic carbocycles. The molecule has 1 aliphatic heterocycles. The maximum Gasteiger partial charge on any atom is 0.117 e. The van der Waals surface area contributed by atoms with Gasteiger partial charge >= 0.3 is 0 Å². The first-order valence-corrected chi connectivity index (χ1v) is 9.20. The zero-order valence-electron chi connectivity index (χ0n) is 15.2. The maximum absolute atomic E-state index is 4.79. The van der Waals surface area contributed by atoms with Gasteiger partial charge in [-0.1, -0.05) is 42.5 Å². The van der Waals surface area contributed by atoms with Crippen molar-refractivity contribution in [1.82, 2.24) is 9.97 Å². The lowest BCUT2D eigenvalue weighted by Crippen LogP contribution is -2.14. The summed E-state index contributed by atoms with van der Waals surface area (Å²) < 4.78 is 0. The lowest BCUT2D eigenvalue weighted by atomic mass is 10.2. The molecule has 3 heterocycles. The van der Waals surface area contributed by atoms with Gasteiger partial charge in [-0.05, 0) is 48.5 Å². The molecule has 0 spiro atoms. The molecule has 134 valence electrons. The first-order valence-electron chi connectivity index (χ1n) is 9.20. The zero-order chi connectivity index (χ0) is 18.8. The van der Waals surface area contributed by atoms with Gasteiger partial charge in [-0.2, -0.15) is 0 Å².